The largest absolute Gasteiger partial charge is 0.486 e. The number of ether oxygens (including phenoxy) is 2. The van der Waals surface area contributed by atoms with Crippen molar-refractivity contribution in [1.82, 2.24) is 4.90 Å². The number of thioether (sulfide) groups is 1. The number of amides is 1. The molecule has 1 fully saturated rings. The van der Waals surface area contributed by atoms with Crippen molar-refractivity contribution in [2.45, 2.75) is 30.2 Å². The minimum Gasteiger partial charge on any atom is -0.486 e. The first-order valence-corrected chi connectivity index (χ1v) is 10.3. The van der Waals surface area contributed by atoms with Crippen LogP contribution in [0.25, 0.3) is 0 Å². The number of rotatable bonds is 5. The molecule has 1 atom stereocenters. The van der Waals surface area contributed by atoms with Crippen molar-refractivity contribution < 1.29 is 18.7 Å². The van der Waals surface area contributed by atoms with Crippen molar-refractivity contribution in [3.05, 3.63) is 53.8 Å². The number of halogens is 1. The summed E-state index contributed by atoms with van der Waals surface area (Å²) in [5.41, 5.74) is 1.09. The molecule has 142 valence electrons. The maximum absolute atomic E-state index is 13.7. The highest BCUT2D eigenvalue weighted by molar-refractivity contribution is 7.99. The molecule has 1 unspecified atom stereocenters. The van der Waals surface area contributed by atoms with Crippen LogP contribution in [0, 0.1) is 5.82 Å². The molecule has 2 aliphatic heterocycles. The van der Waals surface area contributed by atoms with E-state index in [-0.39, 0.29) is 17.8 Å². The predicted molar refractivity (Wildman–Crippen MR) is 103 cm³/mol. The molecule has 6 heteroatoms. The molecule has 0 N–H and O–H groups in total. The maximum Gasteiger partial charge on any atom is 0.223 e. The van der Waals surface area contributed by atoms with E-state index in [0.29, 0.717) is 30.3 Å². The van der Waals surface area contributed by atoms with Gasteiger partial charge in [0.15, 0.2) is 11.5 Å². The predicted octanol–water partition coefficient (Wildman–Crippen LogP) is 4.44. The molecule has 1 amide bonds. The molecule has 0 saturated carbocycles. The number of benzene rings is 2. The van der Waals surface area contributed by atoms with Crippen molar-refractivity contribution in [1.29, 1.82) is 0 Å². The molecule has 0 radical (unpaired) electrons. The van der Waals surface area contributed by atoms with Gasteiger partial charge >= 0.3 is 0 Å². The molecule has 27 heavy (non-hydrogen) atoms. The normalized spacial score (nSPS) is 18.6. The van der Waals surface area contributed by atoms with Gasteiger partial charge in [-0.15, -0.1) is 11.8 Å². The Hall–Kier alpha value is -2.21. The smallest absolute Gasteiger partial charge is 0.223 e. The van der Waals surface area contributed by atoms with Gasteiger partial charge in [-0.2, -0.15) is 0 Å². The molecule has 2 aromatic carbocycles. The maximum atomic E-state index is 13.7. The number of hydrogen-bond donors (Lipinski definition) is 0. The third-order valence-electron chi connectivity index (χ3n) is 4.93. The summed E-state index contributed by atoms with van der Waals surface area (Å²) in [6, 6.07) is 12.7. The van der Waals surface area contributed by atoms with Crippen LogP contribution < -0.4 is 9.47 Å². The van der Waals surface area contributed by atoms with Gasteiger partial charge in [-0.05, 0) is 42.7 Å². The van der Waals surface area contributed by atoms with Crippen molar-refractivity contribution in [3.8, 4) is 11.5 Å². The van der Waals surface area contributed by atoms with Gasteiger partial charge in [0.2, 0.25) is 5.91 Å². The quantitative estimate of drug-likeness (QED) is 0.711. The summed E-state index contributed by atoms with van der Waals surface area (Å²) in [7, 11) is 0. The lowest BCUT2D eigenvalue weighted by molar-refractivity contribution is -0.131. The molecule has 4 nitrogen and oxygen atoms in total. The highest BCUT2D eigenvalue weighted by Gasteiger charge is 2.30. The van der Waals surface area contributed by atoms with Crippen LogP contribution in [-0.2, 0) is 4.79 Å². The van der Waals surface area contributed by atoms with Crippen LogP contribution in [0.2, 0.25) is 0 Å². The SMILES string of the molecule is O=C(CCSc1ccccc1F)N1CCCC1c1ccc2c(c1)OCCO2. The summed E-state index contributed by atoms with van der Waals surface area (Å²) in [5, 5.41) is 0. The van der Waals surface area contributed by atoms with Gasteiger partial charge in [-0.3, -0.25) is 4.79 Å². The monoisotopic (exact) mass is 387 g/mol. The lowest BCUT2D eigenvalue weighted by Gasteiger charge is -2.27. The highest BCUT2D eigenvalue weighted by atomic mass is 32.2. The number of carbonyl (C=O) groups excluding carboxylic acids is 1. The molecule has 0 aromatic heterocycles. The summed E-state index contributed by atoms with van der Waals surface area (Å²) in [6.45, 7) is 1.89. The van der Waals surface area contributed by atoms with Gasteiger partial charge in [0.1, 0.15) is 19.0 Å². The van der Waals surface area contributed by atoms with Gasteiger partial charge in [0.05, 0.1) is 6.04 Å². The second-order valence-corrected chi connectivity index (χ2v) is 7.81. The van der Waals surface area contributed by atoms with Crippen LogP contribution in [0.1, 0.15) is 30.9 Å². The second-order valence-electron chi connectivity index (χ2n) is 6.68. The van der Waals surface area contributed by atoms with Gasteiger partial charge < -0.3 is 14.4 Å². The number of nitrogens with zero attached hydrogens (tertiary/aromatic N) is 1. The van der Waals surface area contributed by atoms with E-state index in [1.54, 1.807) is 12.1 Å². The first-order valence-electron chi connectivity index (χ1n) is 9.29. The lowest BCUT2D eigenvalue weighted by Crippen LogP contribution is -2.30. The zero-order valence-corrected chi connectivity index (χ0v) is 15.8. The molecule has 2 heterocycles. The van der Waals surface area contributed by atoms with Crippen molar-refractivity contribution in [2.24, 2.45) is 0 Å². The Kier molecular flexibility index (Phi) is 5.53. The van der Waals surface area contributed by atoms with Crippen LogP contribution in [0.15, 0.2) is 47.4 Å². The summed E-state index contributed by atoms with van der Waals surface area (Å²) < 4.78 is 25.0. The topological polar surface area (TPSA) is 38.8 Å². The van der Waals surface area contributed by atoms with Crippen molar-refractivity contribution >= 4 is 17.7 Å². The number of carbonyl (C=O) groups is 1. The Morgan fingerprint density at radius 2 is 1.96 bits per heavy atom. The lowest BCUT2D eigenvalue weighted by atomic mass is 10.0. The third-order valence-corrected chi connectivity index (χ3v) is 5.98. The fraction of sp³-hybridized carbons (Fsp3) is 0.381. The minimum absolute atomic E-state index is 0.0757. The highest BCUT2D eigenvalue weighted by Crippen LogP contribution is 2.38. The van der Waals surface area contributed by atoms with E-state index < -0.39 is 0 Å². The molecular weight excluding hydrogens is 365 g/mol. The average Bonchev–Trinajstić information content (AvgIpc) is 3.19. The van der Waals surface area contributed by atoms with E-state index in [9.17, 15) is 9.18 Å². The first-order chi connectivity index (χ1) is 13.2. The zero-order chi connectivity index (χ0) is 18.6. The van der Waals surface area contributed by atoms with Gasteiger partial charge in [-0.25, -0.2) is 4.39 Å². The van der Waals surface area contributed by atoms with Crippen LogP contribution in [0.4, 0.5) is 4.39 Å². The van der Waals surface area contributed by atoms with Crippen LogP contribution in [0.5, 0.6) is 11.5 Å². The standard InChI is InChI=1S/C21H22FNO3S/c22-16-4-1-2-6-20(16)27-13-9-21(24)23-10-3-5-17(23)15-7-8-18-19(14-15)26-12-11-25-18/h1-2,4,6-8,14,17H,3,5,9-13H2. The Labute approximate surface area is 162 Å². The summed E-state index contributed by atoms with van der Waals surface area (Å²) in [6.07, 6.45) is 2.34. The molecule has 4 rings (SSSR count). The van der Waals surface area contributed by atoms with E-state index in [2.05, 4.69) is 0 Å². The van der Waals surface area contributed by atoms with Crippen molar-refractivity contribution in [3.63, 3.8) is 0 Å². The molecule has 2 aromatic rings. The molecule has 0 bridgehead atoms. The van der Waals surface area contributed by atoms with Crippen LogP contribution >= 0.6 is 11.8 Å². The van der Waals surface area contributed by atoms with Gasteiger partial charge in [0.25, 0.3) is 0 Å². The zero-order valence-electron chi connectivity index (χ0n) is 15.0. The molecule has 0 aliphatic carbocycles. The fourth-order valence-electron chi connectivity index (χ4n) is 3.63. The van der Waals surface area contributed by atoms with E-state index in [1.165, 1.54) is 17.8 Å². The average molecular weight is 387 g/mol. The number of likely N-dealkylation sites (tertiary alicyclic amines) is 1. The Bertz CT molecular complexity index is 829. The fourth-order valence-corrected chi connectivity index (χ4v) is 4.51. The number of fused-ring (bicyclic) bond motifs is 1. The van der Waals surface area contributed by atoms with Crippen LogP contribution in [-0.4, -0.2) is 36.3 Å². The minimum atomic E-state index is -0.231. The van der Waals surface area contributed by atoms with E-state index in [0.717, 1.165) is 36.4 Å². The van der Waals surface area contributed by atoms with Crippen LogP contribution in [0.3, 0.4) is 0 Å². The molecule has 0 spiro atoms. The van der Waals surface area contributed by atoms with Gasteiger partial charge in [0, 0.05) is 23.6 Å². The number of hydrogen-bond acceptors (Lipinski definition) is 4. The van der Waals surface area contributed by atoms with Gasteiger partial charge in [-0.1, -0.05) is 18.2 Å². The van der Waals surface area contributed by atoms with E-state index >= 15 is 0 Å². The van der Waals surface area contributed by atoms with E-state index in [1.807, 2.05) is 29.2 Å². The molecule has 1 saturated heterocycles. The first kappa shape index (κ1) is 18.2. The summed E-state index contributed by atoms with van der Waals surface area (Å²) >= 11 is 1.39. The summed E-state index contributed by atoms with van der Waals surface area (Å²) in [5.74, 6) is 1.99. The summed E-state index contributed by atoms with van der Waals surface area (Å²) in [4.78, 5) is 15.3. The molecule has 2 aliphatic rings. The Morgan fingerprint density at radius 3 is 2.81 bits per heavy atom. The Balaban J connectivity index is 1.39. The third kappa shape index (κ3) is 4.05. The van der Waals surface area contributed by atoms with Crippen molar-refractivity contribution in [2.75, 3.05) is 25.5 Å². The molecular formula is C21H22FNO3S. The Morgan fingerprint density at radius 1 is 1.15 bits per heavy atom. The second kappa shape index (κ2) is 8.21. The van der Waals surface area contributed by atoms with E-state index in [4.69, 9.17) is 9.47 Å².